The van der Waals surface area contributed by atoms with Crippen LogP contribution >= 0.6 is 0 Å². The molecule has 1 aliphatic rings. The zero-order chi connectivity index (χ0) is 21.8. The molecule has 4 atom stereocenters. The SMILES string of the molecule is C=C(C)[C@@H]1[C@H](CCO)[C@@H](C(=O)OCC)N(C(=O)OC(C)(C)C)[C@H]1c1ccccc1. The summed E-state index contributed by atoms with van der Waals surface area (Å²) in [7, 11) is 0. The quantitative estimate of drug-likeness (QED) is 0.572. The van der Waals surface area contributed by atoms with Gasteiger partial charge in [0.25, 0.3) is 0 Å². The first-order chi connectivity index (χ1) is 13.6. The molecule has 1 fully saturated rings. The van der Waals surface area contributed by atoms with Crippen LogP contribution in [0.3, 0.4) is 0 Å². The molecule has 1 aromatic carbocycles. The highest BCUT2D eigenvalue weighted by Crippen LogP contribution is 2.50. The number of amides is 1. The Hall–Kier alpha value is -2.34. The molecule has 6 nitrogen and oxygen atoms in total. The first-order valence-corrected chi connectivity index (χ1v) is 10.1. The lowest BCUT2D eigenvalue weighted by atomic mass is 9.79. The second kappa shape index (κ2) is 9.44. The smallest absolute Gasteiger partial charge is 0.411 e. The van der Waals surface area contributed by atoms with Gasteiger partial charge in [-0.3, -0.25) is 4.90 Å². The molecule has 6 heteroatoms. The summed E-state index contributed by atoms with van der Waals surface area (Å²) in [6.45, 7) is 13.2. The molecule has 29 heavy (non-hydrogen) atoms. The van der Waals surface area contributed by atoms with Crippen LogP contribution in [0.25, 0.3) is 0 Å². The van der Waals surface area contributed by atoms with Crippen molar-refractivity contribution >= 4 is 12.1 Å². The average Bonchev–Trinajstić information content (AvgIpc) is 2.97. The molecule has 1 N–H and O–H groups in total. The maximum atomic E-state index is 13.3. The minimum absolute atomic E-state index is 0.103. The fourth-order valence-electron chi connectivity index (χ4n) is 4.18. The van der Waals surface area contributed by atoms with Crippen LogP contribution in [0.15, 0.2) is 42.5 Å². The number of nitrogens with zero attached hydrogens (tertiary/aromatic N) is 1. The number of likely N-dealkylation sites (tertiary alicyclic amines) is 1. The van der Waals surface area contributed by atoms with Crippen LogP contribution in [0.5, 0.6) is 0 Å². The van der Waals surface area contributed by atoms with Gasteiger partial charge in [0.05, 0.1) is 12.6 Å². The molecular formula is C23H33NO5. The highest BCUT2D eigenvalue weighted by molar-refractivity contribution is 5.83. The van der Waals surface area contributed by atoms with Crippen molar-refractivity contribution in [2.45, 2.75) is 58.7 Å². The third kappa shape index (κ3) is 5.18. The van der Waals surface area contributed by atoms with Crippen LogP contribution in [0.4, 0.5) is 4.79 Å². The van der Waals surface area contributed by atoms with E-state index in [9.17, 15) is 14.7 Å². The second-order valence-corrected chi connectivity index (χ2v) is 8.49. The molecule has 0 saturated carbocycles. The maximum Gasteiger partial charge on any atom is 0.411 e. The third-order valence-corrected chi connectivity index (χ3v) is 5.11. The van der Waals surface area contributed by atoms with Crippen LogP contribution in [0.1, 0.15) is 52.6 Å². The van der Waals surface area contributed by atoms with Gasteiger partial charge in [-0.05, 0) is 46.6 Å². The summed E-state index contributed by atoms with van der Waals surface area (Å²) in [5, 5.41) is 9.71. The number of aliphatic hydroxyl groups excluding tert-OH is 1. The highest BCUT2D eigenvalue weighted by atomic mass is 16.6. The van der Waals surface area contributed by atoms with Crippen molar-refractivity contribution in [3.8, 4) is 0 Å². The minimum Gasteiger partial charge on any atom is -0.464 e. The molecule has 1 aliphatic heterocycles. The van der Waals surface area contributed by atoms with E-state index in [2.05, 4.69) is 6.58 Å². The Balaban J connectivity index is 2.64. The van der Waals surface area contributed by atoms with Gasteiger partial charge in [-0.2, -0.15) is 0 Å². The Morgan fingerprint density at radius 1 is 1.21 bits per heavy atom. The minimum atomic E-state index is -0.858. The van der Waals surface area contributed by atoms with Gasteiger partial charge in [0, 0.05) is 18.4 Å². The number of hydrogen-bond donors (Lipinski definition) is 1. The Morgan fingerprint density at radius 3 is 2.31 bits per heavy atom. The van der Waals surface area contributed by atoms with Crippen molar-refractivity contribution in [1.82, 2.24) is 4.90 Å². The van der Waals surface area contributed by atoms with Crippen LogP contribution in [0.2, 0.25) is 0 Å². The summed E-state index contributed by atoms with van der Waals surface area (Å²) in [5.41, 5.74) is 1.02. The van der Waals surface area contributed by atoms with E-state index in [-0.39, 0.29) is 25.0 Å². The summed E-state index contributed by atoms with van der Waals surface area (Å²) in [5.74, 6) is -1.03. The summed E-state index contributed by atoms with van der Waals surface area (Å²) in [4.78, 5) is 27.8. The summed E-state index contributed by atoms with van der Waals surface area (Å²) >= 11 is 0. The molecule has 1 amide bonds. The van der Waals surface area contributed by atoms with Gasteiger partial charge in [0.2, 0.25) is 0 Å². The topological polar surface area (TPSA) is 76.1 Å². The van der Waals surface area contributed by atoms with Crippen LogP contribution in [-0.4, -0.2) is 46.9 Å². The van der Waals surface area contributed by atoms with Crippen LogP contribution in [-0.2, 0) is 14.3 Å². The number of benzene rings is 1. The average molecular weight is 404 g/mol. The normalized spacial score (nSPS) is 24.3. The number of carbonyl (C=O) groups is 2. The van der Waals surface area contributed by atoms with Gasteiger partial charge >= 0.3 is 12.1 Å². The summed E-state index contributed by atoms with van der Waals surface area (Å²) < 4.78 is 11.0. The molecule has 1 aromatic rings. The molecule has 0 unspecified atom stereocenters. The van der Waals surface area contributed by atoms with Crippen molar-refractivity contribution in [3.05, 3.63) is 48.0 Å². The van der Waals surface area contributed by atoms with Gasteiger partial charge in [0.1, 0.15) is 11.6 Å². The number of hydrogen-bond acceptors (Lipinski definition) is 5. The molecule has 0 bridgehead atoms. The Morgan fingerprint density at radius 2 is 1.83 bits per heavy atom. The van der Waals surface area contributed by atoms with Gasteiger partial charge in [-0.1, -0.05) is 42.5 Å². The molecule has 0 aliphatic carbocycles. The lowest BCUT2D eigenvalue weighted by Crippen LogP contribution is -2.47. The Kier molecular flexibility index (Phi) is 7.47. The molecule has 0 radical (unpaired) electrons. The van der Waals surface area contributed by atoms with E-state index >= 15 is 0 Å². The van der Waals surface area contributed by atoms with Gasteiger partial charge in [0.15, 0.2) is 0 Å². The standard InChI is InChI=1S/C23H33NO5/c1-7-28-21(26)20-17(13-14-25)18(15(2)3)19(16-11-9-8-10-12-16)24(20)22(27)29-23(4,5)6/h8-12,17-20,25H,2,7,13-14H2,1,3-6H3/t17-,18+,19-,20-/m0/s1. The van der Waals surface area contributed by atoms with Crippen molar-refractivity contribution in [1.29, 1.82) is 0 Å². The first-order valence-electron chi connectivity index (χ1n) is 10.1. The molecule has 2 rings (SSSR count). The molecule has 1 heterocycles. The predicted octanol–water partition coefficient (Wildman–Crippen LogP) is 4.10. The number of aliphatic hydroxyl groups is 1. The fourth-order valence-corrected chi connectivity index (χ4v) is 4.18. The number of carbonyl (C=O) groups excluding carboxylic acids is 2. The second-order valence-electron chi connectivity index (χ2n) is 8.49. The predicted molar refractivity (Wildman–Crippen MR) is 111 cm³/mol. The first kappa shape index (κ1) is 22.9. The van der Waals surface area contributed by atoms with Crippen LogP contribution in [0, 0.1) is 11.8 Å². The number of esters is 1. The van der Waals surface area contributed by atoms with E-state index in [1.807, 2.05) is 37.3 Å². The maximum absolute atomic E-state index is 13.3. The van der Waals surface area contributed by atoms with Gasteiger partial charge in [-0.15, -0.1) is 0 Å². The molecule has 160 valence electrons. The van der Waals surface area contributed by atoms with E-state index < -0.39 is 29.7 Å². The molecule has 0 aromatic heterocycles. The fraction of sp³-hybridized carbons (Fsp3) is 0.565. The zero-order valence-electron chi connectivity index (χ0n) is 18.1. The van der Waals surface area contributed by atoms with Crippen molar-refractivity contribution in [2.24, 2.45) is 11.8 Å². The van der Waals surface area contributed by atoms with E-state index in [1.165, 1.54) is 4.90 Å². The molecular weight excluding hydrogens is 370 g/mol. The number of rotatable bonds is 6. The Bertz CT molecular complexity index is 725. The molecule has 0 spiro atoms. The lowest BCUT2D eigenvalue weighted by Gasteiger charge is -2.33. The van der Waals surface area contributed by atoms with Gasteiger partial charge < -0.3 is 14.6 Å². The lowest BCUT2D eigenvalue weighted by molar-refractivity contribution is -0.150. The van der Waals surface area contributed by atoms with E-state index in [1.54, 1.807) is 27.7 Å². The third-order valence-electron chi connectivity index (χ3n) is 5.11. The summed E-state index contributed by atoms with van der Waals surface area (Å²) in [6.07, 6.45) is -0.222. The zero-order valence-corrected chi connectivity index (χ0v) is 18.1. The van der Waals surface area contributed by atoms with E-state index in [0.29, 0.717) is 6.42 Å². The largest absolute Gasteiger partial charge is 0.464 e. The van der Waals surface area contributed by atoms with E-state index in [4.69, 9.17) is 9.47 Å². The monoisotopic (exact) mass is 403 g/mol. The Labute approximate surface area is 173 Å². The van der Waals surface area contributed by atoms with Crippen LogP contribution < -0.4 is 0 Å². The van der Waals surface area contributed by atoms with Gasteiger partial charge in [-0.25, -0.2) is 9.59 Å². The van der Waals surface area contributed by atoms with Crippen molar-refractivity contribution in [2.75, 3.05) is 13.2 Å². The van der Waals surface area contributed by atoms with Crippen molar-refractivity contribution in [3.63, 3.8) is 0 Å². The number of ether oxygens (including phenoxy) is 2. The van der Waals surface area contributed by atoms with Crippen molar-refractivity contribution < 1.29 is 24.2 Å². The molecule has 1 saturated heterocycles. The summed E-state index contributed by atoms with van der Waals surface area (Å²) in [6, 6.07) is 8.27. The highest BCUT2D eigenvalue weighted by Gasteiger charge is 2.55. The van der Waals surface area contributed by atoms with E-state index in [0.717, 1.165) is 11.1 Å².